The predicted octanol–water partition coefficient (Wildman–Crippen LogP) is 11.4. The van der Waals surface area contributed by atoms with Crippen LogP contribution in [0.4, 0.5) is 0 Å². The molecule has 247 valence electrons. The van der Waals surface area contributed by atoms with Gasteiger partial charge in [-0.05, 0) is 49.5 Å². The molecule has 3 aromatic heterocycles. The molecule has 1 radical (unpaired) electrons. The molecular weight excluding hydrogens is 769 g/mol. The summed E-state index contributed by atoms with van der Waals surface area (Å²) in [6.07, 6.45) is 8.60. The molecule has 5 rings (SSSR count). The number of rotatable bonds is 9. The molecule has 0 saturated carbocycles. The molecule has 0 bridgehead atoms. The maximum atomic E-state index is 11.7. The van der Waals surface area contributed by atoms with Gasteiger partial charge in [0.25, 0.3) is 0 Å². The van der Waals surface area contributed by atoms with Crippen molar-refractivity contribution >= 4 is 38.0 Å². The van der Waals surface area contributed by atoms with E-state index in [1.54, 1.807) is 11.3 Å². The van der Waals surface area contributed by atoms with Crippen LogP contribution in [0.3, 0.4) is 0 Å². The zero-order valence-electron chi connectivity index (χ0n) is 28.6. The van der Waals surface area contributed by atoms with E-state index in [1.165, 1.54) is 21.9 Å². The van der Waals surface area contributed by atoms with Crippen molar-refractivity contribution in [3.8, 4) is 22.6 Å². The Hall–Kier alpha value is -3.12. The number of carbonyl (C=O) groups excluding carboxylic acids is 1. The van der Waals surface area contributed by atoms with Crippen molar-refractivity contribution in [1.29, 1.82) is 0 Å². The molecule has 0 saturated heterocycles. The minimum Gasteiger partial charge on any atom is -0.512 e. The smallest absolute Gasteiger partial charge is 0.191 e. The zero-order valence-corrected chi connectivity index (χ0v) is 31.8. The maximum Gasteiger partial charge on any atom is 0.191 e. The van der Waals surface area contributed by atoms with Gasteiger partial charge < -0.3 is 9.52 Å². The summed E-state index contributed by atoms with van der Waals surface area (Å²) < 4.78 is 7.01. The van der Waals surface area contributed by atoms with Crippen molar-refractivity contribution in [3.05, 3.63) is 83.0 Å². The Morgan fingerprint density at radius 3 is 2.22 bits per heavy atom. The van der Waals surface area contributed by atoms with Gasteiger partial charge in [0.1, 0.15) is 0 Å². The van der Waals surface area contributed by atoms with Crippen LogP contribution in [0.5, 0.6) is 0 Å². The van der Waals surface area contributed by atoms with Gasteiger partial charge in [-0.15, -0.1) is 40.5 Å². The Labute approximate surface area is 291 Å². The molecule has 0 fully saturated rings. The van der Waals surface area contributed by atoms with Gasteiger partial charge in [0.15, 0.2) is 17.4 Å². The maximum absolute atomic E-state index is 11.7. The Balaban J connectivity index is 0.000000309. The first-order chi connectivity index (χ1) is 21.4. The van der Waals surface area contributed by atoms with Crippen molar-refractivity contribution in [1.82, 2.24) is 9.97 Å². The second-order valence-electron chi connectivity index (χ2n) is 12.7. The van der Waals surface area contributed by atoms with E-state index >= 15 is 0 Å². The molecule has 1 N–H and O–H groups in total. The number of nitrogens with zero attached hydrogens (tertiary/aromatic N) is 2. The Morgan fingerprint density at radius 2 is 1.63 bits per heavy atom. The average Bonchev–Trinajstić information content (AvgIpc) is 3.58. The van der Waals surface area contributed by atoms with E-state index in [4.69, 9.17) is 9.40 Å². The number of ketones is 1. The van der Waals surface area contributed by atoms with Gasteiger partial charge >= 0.3 is 0 Å². The molecule has 5 aromatic rings. The molecular formula is C39H47IrN2O3S-. The summed E-state index contributed by atoms with van der Waals surface area (Å²) in [5.74, 6) is 2.04. The van der Waals surface area contributed by atoms with Crippen LogP contribution in [0, 0.1) is 31.7 Å². The fourth-order valence-electron chi connectivity index (χ4n) is 5.87. The van der Waals surface area contributed by atoms with Gasteiger partial charge in [0.2, 0.25) is 0 Å². The third-order valence-corrected chi connectivity index (χ3v) is 9.70. The molecule has 0 aliphatic rings. The Kier molecular flexibility index (Phi) is 13.1. The molecule has 7 heteroatoms. The largest absolute Gasteiger partial charge is 0.512 e. The molecule has 0 unspecified atom stereocenters. The second kappa shape index (κ2) is 16.1. The standard InChI is InChI=1S/C26H23N2OS.C13H24O2.Ir/c1-15-23(22-14-28-16(2)29-22)20-10-11-27-24(25(20)30-15)18-12-17-8-6-7-9-19(17)21(13-18)26(3,4)5;1-5-10(6-2)12(14)9-13(15)11(7-3)8-4;/h6-11,13-14H,1-5H3;9-11,14H,5-8H2,1-4H3;/q-1;;/b;12-9-;. The number of carbonyl (C=O) groups is 1. The summed E-state index contributed by atoms with van der Waals surface area (Å²) in [6, 6.07) is 16.4. The molecule has 0 amide bonds. The predicted molar refractivity (Wildman–Crippen MR) is 189 cm³/mol. The van der Waals surface area contributed by atoms with E-state index in [1.807, 2.05) is 47.0 Å². The van der Waals surface area contributed by atoms with Crippen molar-refractivity contribution in [2.45, 2.75) is 93.4 Å². The molecule has 0 aliphatic heterocycles. The van der Waals surface area contributed by atoms with Gasteiger partial charge in [-0.2, -0.15) is 0 Å². The van der Waals surface area contributed by atoms with Crippen LogP contribution >= 0.6 is 11.3 Å². The summed E-state index contributed by atoms with van der Waals surface area (Å²) in [6.45, 7) is 18.8. The van der Waals surface area contributed by atoms with Crippen LogP contribution in [-0.4, -0.2) is 20.9 Å². The first-order valence-corrected chi connectivity index (χ1v) is 17.0. The van der Waals surface area contributed by atoms with Crippen LogP contribution in [0.1, 0.15) is 90.5 Å². The first kappa shape index (κ1) is 37.3. The molecule has 3 heterocycles. The van der Waals surface area contributed by atoms with E-state index in [0.717, 1.165) is 63.7 Å². The van der Waals surface area contributed by atoms with E-state index in [2.05, 4.69) is 75.1 Å². The van der Waals surface area contributed by atoms with Gasteiger partial charge in [0.05, 0.1) is 12.0 Å². The second-order valence-corrected chi connectivity index (χ2v) is 13.9. The fourth-order valence-corrected chi connectivity index (χ4v) is 7.03. The number of aromatic nitrogens is 2. The average molecular weight is 816 g/mol. The van der Waals surface area contributed by atoms with E-state index in [9.17, 15) is 9.90 Å². The quantitative estimate of drug-likeness (QED) is 0.0911. The molecule has 46 heavy (non-hydrogen) atoms. The molecule has 0 atom stereocenters. The number of fused-ring (bicyclic) bond motifs is 2. The Bertz CT molecular complexity index is 1800. The van der Waals surface area contributed by atoms with Crippen LogP contribution in [0.15, 0.2) is 65.0 Å². The summed E-state index contributed by atoms with van der Waals surface area (Å²) in [7, 11) is 0. The third kappa shape index (κ3) is 8.23. The molecule has 2 aromatic carbocycles. The van der Waals surface area contributed by atoms with E-state index in [0.29, 0.717) is 5.89 Å². The number of hydrogen-bond acceptors (Lipinski definition) is 6. The summed E-state index contributed by atoms with van der Waals surface area (Å²) in [4.78, 5) is 22.0. The number of aliphatic hydroxyl groups excluding tert-OH is 1. The van der Waals surface area contributed by atoms with Gasteiger partial charge in [-0.25, -0.2) is 4.98 Å². The van der Waals surface area contributed by atoms with E-state index < -0.39 is 0 Å². The number of aliphatic hydroxyl groups is 1. The number of pyridine rings is 1. The van der Waals surface area contributed by atoms with Gasteiger partial charge in [0, 0.05) is 72.0 Å². The number of benzene rings is 2. The van der Waals surface area contributed by atoms with Crippen LogP contribution in [0.2, 0.25) is 0 Å². The third-order valence-electron chi connectivity index (χ3n) is 8.57. The number of allylic oxidation sites excluding steroid dienone is 2. The number of oxazole rings is 1. The first-order valence-electron chi connectivity index (χ1n) is 16.1. The number of thiophene rings is 1. The minimum atomic E-state index is 0. The summed E-state index contributed by atoms with van der Waals surface area (Å²) in [5.41, 5.74) is 4.44. The van der Waals surface area contributed by atoms with Crippen LogP contribution in [-0.2, 0) is 30.3 Å². The van der Waals surface area contributed by atoms with Crippen LogP contribution < -0.4 is 0 Å². The van der Waals surface area contributed by atoms with Gasteiger partial charge in [-0.1, -0.05) is 77.6 Å². The van der Waals surface area contributed by atoms with Crippen molar-refractivity contribution in [3.63, 3.8) is 0 Å². The van der Waals surface area contributed by atoms with Crippen molar-refractivity contribution < 1.29 is 34.4 Å². The molecule has 0 aliphatic carbocycles. The summed E-state index contributed by atoms with van der Waals surface area (Å²) >= 11 is 1.75. The Morgan fingerprint density at radius 1 is 0.978 bits per heavy atom. The van der Waals surface area contributed by atoms with Crippen LogP contribution in [0.25, 0.3) is 43.4 Å². The molecule has 5 nitrogen and oxygen atoms in total. The van der Waals surface area contributed by atoms with Crippen molar-refractivity contribution in [2.75, 3.05) is 0 Å². The summed E-state index contributed by atoms with van der Waals surface area (Å²) in [5, 5.41) is 13.3. The molecule has 0 spiro atoms. The van der Waals surface area contributed by atoms with E-state index in [-0.39, 0.29) is 48.9 Å². The number of hydrogen-bond donors (Lipinski definition) is 1. The van der Waals surface area contributed by atoms with Gasteiger partial charge in [-0.3, -0.25) is 9.78 Å². The monoisotopic (exact) mass is 816 g/mol. The fraction of sp³-hybridized carbons (Fsp3) is 0.410. The topological polar surface area (TPSA) is 76.2 Å². The minimum absolute atomic E-state index is 0. The number of aryl methyl sites for hydroxylation is 2. The van der Waals surface area contributed by atoms with Crippen molar-refractivity contribution in [2.24, 2.45) is 11.8 Å². The normalized spacial score (nSPS) is 12.0. The SMILES string of the molecule is CCC(CC)C(=O)/C=C(\O)C(CC)CC.Cc1ncc(-c2c(C)sc3c(-c4[c-]c5ccccc5c(C(C)(C)C)c4)nccc23)o1.[Ir]. The zero-order chi connectivity index (χ0) is 32.9.